The molecule has 94 valence electrons. The molecule has 0 saturated heterocycles. The number of nitrogens with zero attached hydrogens (tertiary/aromatic N) is 3. The SMILES string of the molecule is C/C=C/COc1nc(NN)nc(OC(C)C)n1. The molecular weight excluding hydrogens is 222 g/mol. The number of anilines is 1. The van der Waals surface area contributed by atoms with Gasteiger partial charge >= 0.3 is 12.0 Å². The highest BCUT2D eigenvalue weighted by atomic mass is 16.5. The number of ether oxygens (including phenoxy) is 2. The van der Waals surface area contributed by atoms with E-state index in [1.807, 2.05) is 32.9 Å². The van der Waals surface area contributed by atoms with Crippen LogP contribution in [0.1, 0.15) is 20.8 Å². The zero-order valence-electron chi connectivity index (χ0n) is 10.2. The van der Waals surface area contributed by atoms with Gasteiger partial charge in [0.05, 0.1) is 6.10 Å². The Morgan fingerprint density at radius 1 is 1.29 bits per heavy atom. The van der Waals surface area contributed by atoms with E-state index in [4.69, 9.17) is 15.3 Å². The zero-order chi connectivity index (χ0) is 12.7. The molecule has 0 fully saturated rings. The van der Waals surface area contributed by atoms with Gasteiger partial charge in [0.15, 0.2) is 0 Å². The molecule has 0 amide bonds. The van der Waals surface area contributed by atoms with E-state index in [-0.39, 0.29) is 24.1 Å². The fourth-order valence-electron chi connectivity index (χ4n) is 0.950. The van der Waals surface area contributed by atoms with Crippen LogP contribution in [0.3, 0.4) is 0 Å². The number of rotatable bonds is 6. The fourth-order valence-corrected chi connectivity index (χ4v) is 0.950. The van der Waals surface area contributed by atoms with Gasteiger partial charge in [-0.15, -0.1) is 4.98 Å². The van der Waals surface area contributed by atoms with Crippen LogP contribution in [-0.2, 0) is 0 Å². The van der Waals surface area contributed by atoms with Gasteiger partial charge < -0.3 is 9.47 Å². The summed E-state index contributed by atoms with van der Waals surface area (Å²) in [6.45, 7) is 6.03. The van der Waals surface area contributed by atoms with Crippen molar-refractivity contribution < 1.29 is 9.47 Å². The van der Waals surface area contributed by atoms with Crippen LogP contribution in [-0.4, -0.2) is 27.7 Å². The van der Waals surface area contributed by atoms with E-state index in [9.17, 15) is 0 Å². The second kappa shape index (κ2) is 6.64. The molecule has 0 bridgehead atoms. The molecule has 0 radical (unpaired) electrons. The lowest BCUT2D eigenvalue weighted by Crippen LogP contribution is -2.15. The van der Waals surface area contributed by atoms with Crippen LogP contribution in [0, 0.1) is 0 Å². The molecule has 0 aromatic carbocycles. The Morgan fingerprint density at radius 3 is 2.59 bits per heavy atom. The molecule has 0 aliphatic rings. The number of nitrogens with one attached hydrogen (secondary N) is 1. The van der Waals surface area contributed by atoms with Crippen molar-refractivity contribution in [2.75, 3.05) is 12.0 Å². The average Bonchev–Trinajstić information content (AvgIpc) is 2.28. The van der Waals surface area contributed by atoms with Crippen molar-refractivity contribution in [2.45, 2.75) is 26.9 Å². The number of hydrazine groups is 1. The van der Waals surface area contributed by atoms with Gasteiger partial charge in [0, 0.05) is 0 Å². The normalized spacial score (nSPS) is 10.9. The molecule has 0 spiro atoms. The first-order valence-electron chi connectivity index (χ1n) is 5.29. The molecule has 1 heterocycles. The summed E-state index contributed by atoms with van der Waals surface area (Å²) in [6, 6.07) is 0.347. The summed E-state index contributed by atoms with van der Waals surface area (Å²) in [7, 11) is 0. The van der Waals surface area contributed by atoms with Crippen molar-refractivity contribution in [2.24, 2.45) is 5.84 Å². The van der Waals surface area contributed by atoms with E-state index in [2.05, 4.69) is 20.4 Å². The Kier molecular flexibility index (Phi) is 5.15. The zero-order valence-corrected chi connectivity index (χ0v) is 10.2. The van der Waals surface area contributed by atoms with Gasteiger partial charge in [0.25, 0.3) is 0 Å². The van der Waals surface area contributed by atoms with Gasteiger partial charge in [-0.25, -0.2) is 5.84 Å². The highest BCUT2D eigenvalue weighted by Crippen LogP contribution is 2.13. The predicted octanol–water partition coefficient (Wildman–Crippen LogP) is 0.899. The van der Waals surface area contributed by atoms with Crippen LogP contribution in [0.2, 0.25) is 0 Å². The third-order valence-electron chi connectivity index (χ3n) is 1.61. The number of hydrogen-bond acceptors (Lipinski definition) is 7. The van der Waals surface area contributed by atoms with Gasteiger partial charge in [-0.3, -0.25) is 5.43 Å². The first-order valence-corrected chi connectivity index (χ1v) is 5.29. The first-order chi connectivity index (χ1) is 8.15. The van der Waals surface area contributed by atoms with Crippen LogP contribution in [0.25, 0.3) is 0 Å². The Morgan fingerprint density at radius 2 is 2.00 bits per heavy atom. The molecule has 0 aliphatic carbocycles. The summed E-state index contributed by atoms with van der Waals surface area (Å²) in [5.41, 5.74) is 2.33. The van der Waals surface area contributed by atoms with Gasteiger partial charge in [0.1, 0.15) is 6.61 Å². The van der Waals surface area contributed by atoms with E-state index < -0.39 is 0 Å². The summed E-state index contributed by atoms with van der Waals surface area (Å²) in [5.74, 6) is 5.45. The molecule has 7 nitrogen and oxygen atoms in total. The molecule has 1 rings (SSSR count). The quantitative estimate of drug-likeness (QED) is 0.432. The molecule has 7 heteroatoms. The van der Waals surface area contributed by atoms with Crippen molar-refractivity contribution in [3.63, 3.8) is 0 Å². The van der Waals surface area contributed by atoms with Crippen LogP contribution in [0.4, 0.5) is 5.95 Å². The van der Waals surface area contributed by atoms with Crippen LogP contribution in [0.15, 0.2) is 12.2 Å². The smallest absolute Gasteiger partial charge is 0.324 e. The maximum atomic E-state index is 5.35. The van der Waals surface area contributed by atoms with Crippen LogP contribution >= 0.6 is 0 Å². The largest absolute Gasteiger partial charge is 0.461 e. The van der Waals surface area contributed by atoms with E-state index in [1.165, 1.54) is 0 Å². The topological polar surface area (TPSA) is 95.2 Å². The summed E-state index contributed by atoms with van der Waals surface area (Å²) in [4.78, 5) is 11.9. The number of allylic oxidation sites excluding steroid dienone is 1. The fraction of sp³-hybridized carbons (Fsp3) is 0.500. The number of hydrogen-bond donors (Lipinski definition) is 2. The van der Waals surface area contributed by atoms with Gasteiger partial charge in [-0.1, -0.05) is 12.2 Å². The van der Waals surface area contributed by atoms with Crippen LogP contribution in [0.5, 0.6) is 12.0 Å². The molecule has 17 heavy (non-hydrogen) atoms. The van der Waals surface area contributed by atoms with E-state index in [0.29, 0.717) is 6.61 Å². The molecule has 3 N–H and O–H groups in total. The lowest BCUT2D eigenvalue weighted by molar-refractivity contribution is 0.215. The summed E-state index contributed by atoms with van der Waals surface area (Å²) in [6.07, 6.45) is 3.67. The molecule has 0 aliphatic heterocycles. The molecule has 1 aromatic rings. The maximum absolute atomic E-state index is 5.35. The maximum Gasteiger partial charge on any atom is 0.324 e. The Labute approximate surface area is 100 Å². The second-order valence-corrected chi connectivity index (χ2v) is 3.42. The van der Waals surface area contributed by atoms with Crippen LogP contribution < -0.4 is 20.7 Å². The minimum atomic E-state index is -0.0357. The minimum Gasteiger partial charge on any atom is -0.461 e. The molecule has 0 saturated carbocycles. The van der Waals surface area contributed by atoms with Gasteiger partial charge in [-0.05, 0) is 20.8 Å². The number of nitrogens with two attached hydrogens (primary N) is 1. The molecular formula is C10H17N5O2. The Balaban J connectivity index is 2.81. The Bertz CT molecular complexity index is 381. The number of aromatic nitrogens is 3. The van der Waals surface area contributed by atoms with Gasteiger partial charge in [-0.2, -0.15) is 9.97 Å². The predicted molar refractivity (Wildman–Crippen MR) is 63.7 cm³/mol. The lowest BCUT2D eigenvalue weighted by Gasteiger charge is -2.09. The van der Waals surface area contributed by atoms with E-state index >= 15 is 0 Å². The highest BCUT2D eigenvalue weighted by Gasteiger charge is 2.08. The van der Waals surface area contributed by atoms with Crippen molar-refractivity contribution in [1.29, 1.82) is 0 Å². The van der Waals surface area contributed by atoms with Crippen molar-refractivity contribution in [3.8, 4) is 12.0 Å². The van der Waals surface area contributed by atoms with Crippen molar-refractivity contribution in [1.82, 2.24) is 15.0 Å². The van der Waals surface area contributed by atoms with E-state index in [0.717, 1.165) is 0 Å². The number of nitrogen functional groups attached to an aromatic ring is 1. The monoisotopic (exact) mass is 239 g/mol. The average molecular weight is 239 g/mol. The first kappa shape index (κ1) is 13.2. The minimum absolute atomic E-state index is 0.0357. The standard InChI is InChI=1S/C10H17N5O2/c1-4-5-6-16-9-12-8(15-11)13-10(14-9)17-7(2)3/h4-5,7H,6,11H2,1-3H3,(H,12,13,14,15)/b5-4+. The van der Waals surface area contributed by atoms with Crippen molar-refractivity contribution >= 4 is 5.95 Å². The van der Waals surface area contributed by atoms with E-state index in [1.54, 1.807) is 0 Å². The molecule has 0 atom stereocenters. The molecule has 1 aromatic heterocycles. The lowest BCUT2D eigenvalue weighted by atomic mass is 10.5. The third kappa shape index (κ3) is 4.64. The Hall–Kier alpha value is -1.89. The summed E-state index contributed by atoms with van der Waals surface area (Å²) in [5, 5.41) is 0. The summed E-state index contributed by atoms with van der Waals surface area (Å²) < 4.78 is 10.6. The summed E-state index contributed by atoms with van der Waals surface area (Å²) >= 11 is 0. The highest BCUT2D eigenvalue weighted by molar-refractivity contribution is 5.25. The second-order valence-electron chi connectivity index (χ2n) is 3.42. The van der Waals surface area contributed by atoms with Crippen molar-refractivity contribution in [3.05, 3.63) is 12.2 Å². The molecule has 0 unspecified atom stereocenters. The third-order valence-corrected chi connectivity index (χ3v) is 1.61. The van der Waals surface area contributed by atoms with Gasteiger partial charge in [0.2, 0.25) is 5.95 Å².